The maximum absolute atomic E-state index is 11.5. The summed E-state index contributed by atoms with van der Waals surface area (Å²) < 4.78 is 0. The highest BCUT2D eigenvalue weighted by molar-refractivity contribution is 5.97. The van der Waals surface area contributed by atoms with Gasteiger partial charge in [-0.15, -0.1) is 0 Å². The van der Waals surface area contributed by atoms with Crippen LogP contribution in [-0.2, 0) is 0 Å². The lowest BCUT2D eigenvalue weighted by molar-refractivity contribution is 0.0773. The Hall–Kier alpha value is -1.66. The van der Waals surface area contributed by atoms with Crippen LogP contribution in [0.3, 0.4) is 0 Å². The minimum atomic E-state index is -0.451. The van der Waals surface area contributed by atoms with Crippen LogP contribution in [0.2, 0.25) is 0 Å². The molecule has 1 fully saturated rings. The highest BCUT2D eigenvalue weighted by Crippen LogP contribution is 2.27. The molecule has 21 heavy (non-hydrogen) atoms. The molecule has 1 aromatic rings. The molecule has 1 aliphatic heterocycles. The fraction of sp³-hybridized carbons (Fsp3) is 0.600. The Kier molecular flexibility index (Phi) is 4.80. The van der Waals surface area contributed by atoms with Gasteiger partial charge in [-0.2, -0.15) is 0 Å². The monoisotopic (exact) mass is 291 g/mol. The first-order valence-corrected chi connectivity index (χ1v) is 7.29. The molecule has 2 heterocycles. The molecule has 6 nitrogen and oxygen atoms in total. The van der Waals surface area contributed by atoms with E-state index in [2.05, 4.69) is 41.2 Å². The van der Waals surface area contributed by atoms with Gasteiger partial charge in [0.2, 0.25) is 0 Å². The van der Waals surface area contributed by atoms with Crippen molar-refractivity contribution in [3.8, 4) is 0 Å². The van der Waals surface area contributed by atoms with E-state index in [1.165, 1.54) is 0 Å². The number of nitrogens with two attached hydrogens (primary N) is 1. The average Bonchev–Trinajstić information content (AvgIpc) is 2.47. The number of likely N-dealkylation sites (tertiary alicyclic amines) is 1. The van der Waals surface area contributed by atoms with Gasteiger partial charge >= 0.3 is 0 Å². The highest BCUT2D eigenvalue weighted by atomic mass is 16.1. The lowest BCUT2D eigenvalue weighted by Gasteiger charge is -2.45. The molecule has 116 valence electrons. The van der Waals surface area contributed by atoms with Crippen LogP contribution in [0.25, 0.3) is 0 Å². The number of carbonyl (C=O) groups is 1. The van der Waals surface area contributed by atoms with Gasteiger partial charge < -0.3 is 20.9 Å². The van der Waals surface area contributed by atoms with E-state index in [4.69, 9.17) is 5.73 Å². The van der Waals surface area contributed by atoms with Crippen LogP contribution in [0, 0.1) is 0 Å². The van der Waals surface area contributed by atoms with Gasteiger partial charge in [0, 0.05) is 18.3 Å². The second-order valence-electron chi connectivity index (χ2n) is 6.04. The van der Waals surface area contributed by atoms with Gasteiger partial charge in [0.05, 0.1) is 5.56 Å². The van der Waals surface area contributed by atoms with Crippen LogP contribution >= 0.6 is 0 Å². The third kappa shape index (κ3) is 3.51. The third-order valence-electron chi connectivity index (χ3n) is 4.52. The quantitative estimate of drug-likeness (QED) is 0.832. The van der Waals surface area contributed by atoms with Gasteiger partial charge in [0.15, 0.2) is 0 Å². The smallest absolute Gasteiger partial charge is 0.252 e. The molecular formula is C15H25N5O. The number of pyridine rings is 1. The molecule has 1 amide bonds. The van der Waals surface area contributed by atoms with Crippen molar-refractivity contribution >= 4 is 11.7 Å². The van der Waals surface area contributed by atoms with Crippen molar-refractivity contribution in [2.24, 2.45) is 5.73 Å². The maximum atomic E-state index is 11.5. The predicted molar refractivity (Wildman–Crippen MR) is 84.4 cm³/mol. The molecule has 1 aliphatic rings. The van der Waals surface area contributed by atoms with Gasteiger partial charge in [0.1, 0.15) is 5.82 Å². The fourth-order valence-corrected chi connectivity index (χ4v) is 2.81. The second kappa shape index (κ2) is 6.41. The average molecular weight is 291 g/mol. The molecule has 0 bridgehead atoms. The Morgan fingerprint density at radius 2 is 2.14 bits per heavy atom. The highest BCUT2D eigenvalue weighted by Gasteiger charge is 2.35. The molecule has 0 aliphatic carbocycles. The van der Waals surface area contributed by atoms with Crippen molar-refractivity contribution < 1.29 is 4.79 Å². The number of primary amides is 1. The summed E-state index contributed by atoms with van der Waals surface area (Å²) in [4.78, 5) is 20.3. The van der Waals surface area contributed by atoms with Crippen molar-refractivity contribution in [1.82, 2.24) is 14.8 Å². The van der Waals surface area contributed by atoms with E-state index in [9.17, 15) is 4.79 Å². The summed E-state index contributed by atoms with van der Waals surface area (Å²) in [6, 6.07) is 3.43. The molecule has 0 saturated carbocycles. The summed E-state index contributed by atoms with van der Waals surface area (Å²) in [5.74, 6) is 0.123. The summed E-state index contributed by atoms with van der Waals surface area (Å²) in [5, 5.41) is 3.33. The van der Waals surface area contributed by atoms with E-state index in [0.717, 1.165) is 32.5 Å². The van der Waals surface area contributed by atoms with E-state index in [1.54, 1.807) is 18.3 Å². The Morgan fingerprint density at radius 1 is 1.48 bits per heavy atom. The number of hydrogen-bond donors (Lipinski definition) is 2. The number of piperidine rings is 1. The van der Waals surface area contributed by atoms with Crippen LogP contribution in [0.4, 0.5) is 5.82 Å². The maximum Gasteiger partial charge on any atom is 0.252 e. The minimum Gasteiger partial charge on any atom is -0.368 e. The zero-order chi connectivity index (χ0) is 15.5. The number of anilines is 1. The number of amides is 1. The van der Waals surface area contributed by atoms with Crippen LogP contribution in [-0.4, -0.2) is 67.0 Å². The van der Waals surface area contributed by atoms with Crippen molar-refractivity contribution in [1.29, 1.82) is 0 Å². The summed E-state index contributed by atoms with van der Waals surface area (Å²) in [6.45, 7) is 2.90. The van der Waals surface area contributed by atoms with Crippen molar-refractivity contribution in [2.75, 3.05) is 46.1 Å². The fourth-order valence-electron chi connectivity index (χ4n) is 2.81. The van der Waals surface area contributed by atoms with Gasteiger partial charge in [-0.3, -0.25) is 4.79 Å². The van der Waals surface area contributed by atoms with Crippen molar-refractivity contribution in [3.63, 3.8) is 0 Å². The number of carbonyl (C=O) groups excluding carboxylic acids is 1. The number of likely N-dealkylation sites (N-methyl/N-ethyl adjacent to an activating group) is 1. The lowest BCUT2D eigenvalue weighted by Crippen LogP contribution is -2.56. The number of aromatic nitrogens is 1. The van der Waals surface area contributed by atoms with Crippen LogP contribution < -0.4 is 11.1 Å². The van der Waals surface area contributed by atoms with Crippen molar-refractivity contribution in [3.05, 3.63) is 23.9 Å². The van der Waals surface area contributed by atoms with Gasteiger partial charge in [-0.05, 0) is 59.2 Å². The standard InChI is InChI=1S/C15H25N5O/c1-19(2)15(6-9-20(3)10-7-15)11-18-14-12(13(16)21)5-4-8-17-14/h4-5,8H,6-7,9-11H2,1-3H3,(H2,16,21)(H,17,18). The molecule has 0 unspecified atom stereocenters. The molecule has 0 atom stereocenters. The minimum absolute atomic E-state index is 0.0823. The van der Waals surface area contributed by atoms with E-state index >= 15 is 0 Å². The molecule has 0 aromatic carbocycles. The molecule has 0 radical (unpaired) electrons. The van der Waals surface area contributed by atoms with E-state index < -0.39 is 5.91 Å². The Bertz CT molecular complexity index is 495. The molecule has 3 N–H and O–H groups in total. The third-order valence-corrected chi connectivity index (χ3v) is 4.52. The van der Waals surface area contributed by atoms with Crippen LogP contribution in [0.5, 0.6) is 0 Å². The molecule has 0 spiro atoms. The Labute approximate surface area is 126 Å². The van der Waals surface area contributed by atoms with E-state index in [-0.39, 0.29) is 5.54 Å². The molecular weight excluding hydrogens is 266 g/mol. The van der Waals surface area contributed by atoms with E-state index in [1.807, 2.05) is 0 Å². The Morgan fingerprint density at radius 3 is 2.71 bits per heavy atom. The van der Waals surface area contributed by atoms with E-state index in [0.29, 0.717) is 11.4 Å². The SMILES string of the molecule is CN1CCC(CNc2ncccc2C(N)=O)(N(C)C)CC1. The summed E-state index contributed by atoms with van der Waals surface area (Å²) in [6.07, 6.45) is 3.84. The summed E-state index contributed by atoms with van der Waals surface area (Å²) in [5.41, 5.74) is 5.92. The number of hydrogen-bond acceptors (Lipinski definition) is 5. The summed E-state index contributed by atoms with van der Waals surface area (Å²) in [7, 11) is 6.37. The molecule has 1 aromatic heterocycles. The second-order valence-corrected chi connectivity index (χ2v) is 6.04. The zero-order valence-electron chi connectivity index (χ0n) is 13.1. The molecule has 1 saturated heterocycles. The Balaban J connectivity index is 2.11. The number of rotatable bonds is 5. The van der Waals surface area contributed by atoms with Gasteiger partial charge in [0.25, 0.3) is 5.91 Å². The first kappa shape index (κ1) is 15.7. The molecule has 6 heteroatoms. The normalized spacial score (nSPS) is 18.7. The topological polar surface area (TPSA) is 74.5 Å². The first-order chi connectivity index (χ1) is 9.94. The number of nitrogens with zero attached hydrogens (tertiary/aromatic N) is 3. The zero-order valence-corrected chi connectivity index (χ0v) is 13.1. The van der Waals surface area contributed by atoms with Crippen molar-refractivity contribution in [2.45, 2.75) is 18.4 Å². The first-order valence-electron chi connectivity index (χ1n) is 7.29. The largest absolute Gasteiger partial charge is 0.368 e. The van der Waals surface area contributed by atoms with Crippen LogP contribution in [0.15, 0.2) is 18.3 Å². The lowest BCUT2D eigenvalue weighted by atomic mass is 9.86. The predicted octanol–water partition coefficient (Wildman–Crippen LogP) is 0.618. The van der Waals surface area contributed by atoms with Crippen LogP contribution in [0.1, 0.15) is 23.2 Å². The van der Waals surface area contributed by atoms with Gasteiger partial charge in [-0.1, -0.05) is 0 Å². The molecule has 2 rings (SSSR count). The number of nitrogens with one attached hydrogen (secondary N) is 1. The summed E-state index contributed by atoms with van der Waals surface area (Å²) >= 11 is 0. The van der Waals surface area contributed by atoms with Gasteiger partial charge in [-0.25, -0.2) is 4.98 Å².